The third kappa shape index (κ3) is 5.40. The minimum atomic E-state index is 0.900. The number of hydrogen-bond acceptors (Lipinski definition) is 1. The third-order valence-corrected chi connectivity index (χ3v) is 3.90. The highest BCUT2D eigenvalue weighted by Crippen LogP contribution is 2.26. The van der Waals surface area contributed by atoms with Crippen molar-refractivity contribution in [1.82, 2.24) is 0 Å². The number of aryl methyl sites for hydroxylation is 2. The van der Waals surface area contributed by atoms with Crippen molar-refractivity contribution in [3.63, 3.8) is 0 Å². The van der Waals surface area contributed by atoms with Crippen molar-refractivity contribution in [3.05, 3.63) is 41.2 Å². The first-order chi connectivity index (χ1) is 9.58. The van der Waals surface area contributed by atoms with Gasteiger partial charge >= 0.3 is 0 Å². The van der Waals surface area contributed by atoms with Crippen LogP contribution >= 0.6 is 0 Å². The topological polar surface area (TPSA) is 9.23 Å². The fourth-order valence-corrected chi connectivity index (χ4v) is 2.34. The predicted molar refractivity (Wildman–Crippen MR) is 88.4 cm³/mol. The lowest BCUT2D eigenvalue weighted by atomic mass is 10.0. The van der Waals surface area contributed by atoms with Gasteiger partial charge in [0.05, 0.1) is 5.76 Å². The lowest BCUT2D eigenvalue weighted by molar-refractivity contribution is 0.394. The molecule has 0 aliphatic rings. The Kier molecular flexibility index (Phi) is 7.43. The standard InChI is InChI=1S/C19H30O/c1-6-8-9-10-11-12-16(4)20-19-14-18(7-2)13-15(3)17(19)5/h13-14H,4,6-12H2,1-3,5H3. The van der Waals surface area contributed by atoms with Gasteiger partial charge in [0, 0.05) is 6.42 Å². The van der Waals surface area contributed by atoms with Crippen LogP contribution in [0.25, 0.3) is 0 Å². The molecule has 1 rings (SSSR count). The quantitative estimate of drug-likeness (QED) is 0.389. The molecule has 20 heavy (non-hydrogen) atoms. The average molecular weight is 274 g/mol. The van der Waals surface area contributed by atoms with Crippen LogP contribution in [-0.2, 0) is 6.42 Å². The zero-order valence-corrected chi connectivity index (χ0v) is 13.7. The fraction of sp³-hybridized carbons (Fsp3) is 0.579. The molecule has 0 aliphatic carbocycles. The highest BCUT2D eigenvalue weighted by molar-refractivity contribution is 5.43. The minimum absolute atomic E-state index is 0.900. The highest BCUT2D eigenvalue weighted by atomic mass is 16.5. The zero-order valence-electron chi connectivity index (χ0n) is 13.7. The number of rotatable bonds is 9. The summed E-state index contributed by atoms with van der Waals surface area (Å²) >= 11 is 0. The van der Waals surface area contributed by atoms with Gasteiger partial charge in [-0.05, 0) is 49.4 Å². The van der Waals surface area contributed by atoms with Crippen molar-refractivity contribution in [2.24, 2.45) is 0 Å². The molecule has 0 unspecified atom stereocenters. The summed E-state index contributed by atoms with van der Waals surface area (Å²) in [6, 6.07) is 4.40. The number of ether oxygens (including phenoxy) is 1. The maximum Gasteiger partial charge on any atom is 0.130 e. The lowest BCUT2D eigenvalue weighted by Gasteiger charge is -2.14. The molecule has 0 N–H and O–H groups in total. The Balaban J connectivity index is 2.51. The first kappa shape index (κ1) is 16.8. The van der Waals surface area contributed by atoms with Crippen LogP contribution in [0.15, 0.2) is 24.5 Å². The van der Waals surface area contributed by atoms with E-state index in [1.807, 2.05) is 0 Å². The van der Waals surface area contributed by atoms with Crippen LogP contribution in [0.1, 0.15) is 69.1 Å². The maximum atomic E-state index is 5.98. The Bertz CT molecular complexity index is 432. The van der Waals surface area contributed by atoms with E-state index < -0.39 is 0 Å². The summed E-state index contributed by atoms with van der Waals surface area (Å²) in [7, 11) is 0. The van der Waals surface area contributed by atoms with Crippen LogP contribution < -0.4 is 4.74 Å². The lowest BCUT2D eigenvalue weighted by Crippen LogP contribution is -1.98. The summed E-state index contributed by atoms with van der Waals surface area (Å²) in [6.45, 7) is 12.8. The molecule has 0 amide bonds. The normalized spacial score (nSPS) is 10.6. The van der Waals surface area contributed by atoms with Crippen LogP contribution in [0.2, 0.25) is 0 Å². The molecule has 1 aromatic rings. The van der Waals surface area contributed by atoms with Crippen LogP contribution in [0.4, 0.5) is 0 Å². The monoisotopic (exact) mass is 274 g/mol. The molecule has 0 atom stereocenters. The third-order valence-electron chi connectivity index (χ3n) is 3.90. The van der Waals surface area contributed by atoms with E-state index in [-0.39, 0.29) is 0 Å². The molecule has 0 bridgehead atoms. The first-order valence-corrected chi connectivity index (χ1v) is 8.04. The molecule has 1 nitrogen and oxygen atoms in total. The first-order valence-electron chi connectivity index (χ1n) is 8.04. The summed E-state index contributed by atoms with van der Waals surface area (Å²) in [5.74, 6) is 1.89. The molecule has 0 heterocycles. The van der Waals surface area contributed by atoms with E-state index >= 15 is 0 Å². The zero-order chi connectivity index (χ0) is 15.0. The van der Waals surface area contributed by atoms with Crippen molar-refractivity contribution < 1.29 is 4.74 Å². The Hall–Kier alpha value is -1.24. The molecule has 0 saturated carbocycles. The second-order valence-electron chi connectivity index (χ2n) is 5.69. The largest absolute Gasteiger partial charge is 0.462 e. The molecule has 1 heteroatoms. The van der Waals surface area contributed by atoms with Gasteiger partial charge in [0.25, 0.3) is 0 Å². The van der Waals surface area contributed by atoms with Gasteiger partial charge in [-0.2, -0.15) is 0 Å². The smallest absolute Gasteiger partial charge is 0.130 e. The maximum absolute atomic E-state index is 5.98. The van der Waals surface area contributed by atoms with E-state index in [2.05, 4.69) is 46.4 Å². The molecule has 0 fully saturated rings. The van der Waals surface area contributed by atoms with Gasteiger partial charge in [0.15, 0.2) is 0 Å². The summed E-state index contributed by atoms with van der Waals surface area (Å²) in [5, 5.41) is 0. The Morgan fingerprint density at radius 1 is 1.05 bits per heavy atom. The summed E-state index contributed by atoms with van der Waals surface area (Å²) in [6.07, 6.45) is 8.43. The van der Waals surface area contributed by atoms with Crippen molar-refractivity contribution in [1.29, 1.82) is 0 Å². The van der Waals surface area contributed by atoms with Gasteiger partial charge in [-0.15, -0.1) is 0 Å². The average Bonchev–Trinajstić information content (AvgIpc) is 2.43. The molecule has 0 aromatic heterocycles. The minimum Gasteiger partial charge on any atom is -0.462 e. The van der Waals surface area contributed by atoms with Gasteiger partial charge in [-0.25, -0.2) is 0 Å². The molecule has 1 aromatic carbocycles. The molecular formula is C19H30O. The second kappa shape index (κ2) is 8.84. The van der Waals surface area contributed by atoms with E-state index in [0.29, 0.717) is 0 Å². The van der Waals surface area contributed by atoms with Crippen molar-refractivity contribution in [2.45, 2.75) is 72.6 Å². The van der Waals surface area contributed by atoms with Gasteiger partial charge in [-0.1, -0.05) is 52.2 Å². The molecule has 0 spiro atoms. The van der Waals surface area contributed by atoms with E-state index in [9.17, 15) is 0 Å². The Morgan fingerprint density at radius 3 is 2.40 bits per heavy atom. The highest BCUT2D eigenvalue weighted by Gasteiger charge is 2.07. The van der Waals surface area contributed by atoms with Crippen LogP contribution in [0.3, 0.4) is 0 Å². The molecule has 0 aliphatic heterocycles. The van der Waals surface area contributed by atoms with Crippen molar-refractivity contribution >= 4 is 0 Å². The summed E-state index contributed by atoms with van der Waals surface area (Å²) in [5.41, 5.74) is 3.86. The number of hydrogen-bond donors (Lipinski definition) is 0. The Morgan fingerprint density at radius 2 is 1.75 bits per heavy atom. The van der Waals surface area contributed by atoms with Gasteiger partial charge in [-0.3, -0.25) is 0 Å². The van der Waals surface area contributed by atoms with E-state index in [1.165, 1.54) is 48.8 Å². The molecule has 112 valence electrons. The number of unbranched alkanes of at least 4 members (excludes halogenated alkanes) is 4. The SMILES string of the molecule is C=C(CCCCCCC)Oc1cc(CC)cc(C)c1C. The van der Waals surface area contributed by atoms with Gasteiger partial charge in [0.2, 0.25) is 0 Å². The second-order valence-corrected chi connectivity index (χ2v) is 5.69. The van der Waals surface area contributed by atoms with Crippen molar-refractivity contribution in [3.8, 4) is 5.75 Å². The molecular weight excluding hydrogens is 244 g/mol. The van der Waals surface area contributed by atoms with Gasteiger partial charge in [0.1, 0.15) is 5.75 Å². The van der Waals surface area contributed by atoms with Crippen LogP contribution in [0.5, 0.6) is 5.75 Å². The van der Waals surface area contributed by atoms with E-state index in [4.69, 9.17) is 4.74 Å². The van der Waals surface area contributed by atoms with Crippen LogP contribution in [0, 0.1) is 13.8 Å². The summed E-state index contributed by atoms with van der Waals surface area (Å²) in [4.78, 5) is 0. The molecule has 0 radical (unpaired) electrons. The summed E-state index contributed by atoms with van der Waals surface area (Å²) < 4.78 is 5.98. The van der Waals surface area contributed by atoms with Crippen LogP contribution in [-0.4, -0.2) is 0 Å². The predicted octanol–water partition coefficient (Wildman–Crippen LogP) is 6.12. The van der Waals surface area contributed by atoms with Crippen molar-refractivity contribution in [2.75, 3.05) is 0 Å². The van der Waals surface area contributed by atoms with E-state index in [0.717, 1.165) is 24.4 Å². The van der Waals surface area contributed by atoms with E-state index in [1.54, 1.807) is 0 Å². The fourth-order valence-electron chi connectivity index (χ4n) is 2.34. The van der Waals surface area contributed by atoms with Gasteiger partial charge < -0.3 is 4.74 Å². The Labute approximate surface area is 125 Å². The molecule has 0 saturated heterocycles. The number of allylic oxidation sites excluding steroid dienone is 1. The number of benzene rings is 1.